The molecule has 3 aromatic rings. The average Bonchev–Trinajstić information content (AvgIpc) is 2.98. The van der Waals surface area contributed by atoms with E-state index in [4.69, 9.17) is 14.3 Å². The molecule has 1 aromatic heterocycles. The minimum absolute atomic E-state index is 0.111. The van der Waals surface area contributed by atoms with E-state index in [0.29, 0.717) is 36.1 Å². The summed E-state index contributed by atoms with van der Waals surface area (Å²) in [5.74, 6) is -0.355. The highest BCUT2D eigenvalue weighted by Crippen LogP contribution is 2.38. The molecule has 1 N–H and O–H groups in total. The predicted octanol–water partition coefficient (Wildman–Crippen LogP) is 10.5. The van der Waals surface area contributed by atoms with E-state index in [1.807, 2.05) is 6.92 Å². The molecule has 0 atom stereocenters. The largest absolute Gasteiger partial charge is 0.493 e. The summed E-state index contributed by atoms with van der Waals surface area (Å²) in [7, 11) is 0. The Kier molecular flexibility index (Phi) is 14.0. The Morgan fingerprint density at radius 3 is 2.14 bits per heavy atom. The van der Waals surface area contributed by atoms with Crippen molar-refractivity contribution in [3.05, 3.63) is 76.2 Å². The Labute approximate surface area is 258 Å². The van der Waals surface area contributed by atoms with Crippen LogP contribution in [0.3, 0.4) is 0 Å². The van der Waals surface area contributed by atoms with Gasteiger partial charge in [-0.3, -0.25) is 0 Å². The number of benzene rings is 2. The van der Waals surface area contributed by atoms with Crippen LogP contribution in [0.25, 0.3) is 22.1 Å². The zero-order valence-corrected chi connectivity index (χ0v) is 25.8. The molecule has 0 fully saturated rings. The number of unbranched alkanes of at least 4 members (excludes halogenated alkanes) is 11. The van der Waals surface area contributed by atoms with Gasteiger partial charge in [0.25, 0.3) is 0 Å². The Morgan fingerprint density at radius 1 is 0.841 bits per heavy atom. The van der Waals surface area contributed by atoms with Crippen LogP contribution in [-0.2, 0) is 17.4 Å². The summed E-state index contributed by atoms with van der Waals surface area (Å²) < 4.78 is 53.2. The third-order valence-electron chi connectivity index (χ3n) is 7.90. The molecule has 44 heavy (non-hydrogen) atoms. The fourth-order valence-corrected chi connectivity index (χ4v) is 5.32. The van der Waals surface area contributed by atoms with Crippen molar-refractivity contribution >= 4 is 16.9 Å². The lowest BCUT2D eigenvalue weighted by molar-refractivity contribution is -0.137. The topological polar surface area (TPSA) is 76.7 Å². The highest BCUT2D eigenvalue weighted by atomic mass is 19.4. The molecular weight excluding hydrogens is 569 g/mol. The number of carboxylic acid groups (broad SMARTS) is 1. The Hall–Kier alpha value is -3.55. The van der Waals surface area contributed by atoms with Gasteiger partial charge in [-0.2, -0.15) is 13.2 Å². The molecule has 0 saturated heterocycles. The summed E-state index contributed by atoms with van der Waals surface area (Å²) in [5.41, 5.74) is -0.762. The average molecular weight is 615 g/mol. The lowest BCUT2D eigenvalue weighted by Gasteiger charge is -2.15. The summed E-state index contributed by atoms with van der Waals surface area (Å²) in [6, 6.07) is 10.7. The van der Waals surface area contributed by atoms with E-state index < -0.39 is 23.3 Å². The van der Waals surface area contributed by atoms with Crippen LogP contribution in [0.5, 0.6) is 5.75 Å². The number of halogens is 3. The molecule has 8 heteroatoms. The van der Waals surface area contributed by atoms with Crippen LogP contribution in [0.4, 0.5) is 13.2 Å². The second-order valence-electron chi connectivity index (χ2n) is 11.5. The minimum atomic E-state index is -4.60. The molecule has 0 radical (unpaired) electrons. The smallest absolute Gasteiger partial charge is 0.417 e. The number of aliphatic carboxylic acids is 1. The number of rotatable bonds is 20. The van der Waals surface area contributed by atoms with Crippen molar-refractivity contribution in [2.24, 2.45) is 0 Å². The van der Waals surface area contributed by atoms with Gasteiger partial charge in [0, 0.05) is 22.6 Å². The van der Waals surface area contributed by atoms with Gasteiger partial charge < -0.3 is 14.3 Å². The van der Waals surface area contributed by atoms with Crippen molar-refractivity contribution < 1.29 is 32.2 Å². The Morgan fingerprint density at radius 2 is 1.50 bits per heavy atom. The van der Waals surface area contributed by atoms with E-state index in [9.17, 15) is 22.8 Å². The number of alkyl halides is 3. The number of ether oxygens (including phenoxy) is 1. The van der Waals surface area contributed by atoms with Crippen molar-refractivity contribution in [3.63, 3.8) is 0 Å². The van der Waals surface area contributed by atoms with Crippen molar-refractivity contribution in [1.29, 1.82) is 0 Å². The van der Waals surface area contributed by atoms with Gasteiger partial charge in [0.15, 0.2) is 0 Å². The van der Waals surface area contributed by atoms with Gasteiger partial charge in [0.1, 0.15) is 11.3 Å². The minimum Gasteiger partial charge on any atom is -0.493 e. The number of carbonyl (C=O) groups is 1. The Bertz CT molecular complexity index is 1420. The van der Waals surface area contributed by atoms with Crippen molar-refractivity contribution in [2.45, 2.75) is 109 Å². The monoisotopic (exact) mass is 614 g/mol. The Balaban J connectivity index is 1.45. The van der Waals surface area contributed by atoms with E-state index in [-0.39, 0.29) is 22.3 Å². The predicted molar refractivity (Wildman–Crippen MR) is 169 cm³/mol. The first kappa shape index (κ1) is 34.9. The molecule has 240 valence electrons. The first-order valence-electron chi connectivity index (χ1n) is 15.9. The molecular formula is C36H45F3O5. The molecule has 0 aliphatic rings. The lowest BCUT2D eigenvalue weighted by atomic mass is 9.95. The van der Waals surface area contributed by atoms with E-state index in [1.165, 1.54) is 25.0 Å². The number of hydrogen-bond donors (Lipinski definition) is 1. The van der Waals surface area contributed by atoms with Crippen molar-refractivity contribution in [2.75, 3.05) is 6.61 Å². The number of fused-ring (bicyclic) bond motifs is 1. The molecule has 0 saturated carbocycles. The van der Waals surface area contributed by atoms with Gasteiger partial charge in [-0.25, -0.2) is 9.59 Å². The SMILES string of the molecule is C=C(CCCCCCCCCCCCOc1ccc2cc(-c3ccc(CCCCC)cc3C(F)(F)F)c(=O)oc2c1)C(=O)O. The first-order valence-corrected chi connectivity index (χ1v) is 15.9. The van der Waals surface area contributed by atoms with Gasteiger partial charge in [-0.1, -0.05) is 89.8 Å². The molecule has 0 amide bonds. The second-order valence-corrected chi connectivity index (χ2v) is 11.5. The summed E-state index contributed by atoms with van der Waals surface area (Å²) in [6.07, 6.45) is 10.1. The normalized spacial score (nSPS) is 11.6. The summed E-state index contributed by atoms with van der Waals surface area (Å²) >= 11 is 0. The maximum absolute atomic E-state index is 14.0. The first-order chi connectivity index (χ1) is 21.1. The lowest BCUT2D eigenvalue weighted by Crippen LogP contribution is -2.12. The number of aryl methyl sites for hydroxylation is 1. The van der Waals surface area contributed by atoms with E-state index in [2.05, 4.69) is 6.58 Å². The molecule has 3 rings (SSSR count). The van der Waals surface area contributed by atoms with Crippen LogP contribution in [0.2, 0.25) is 0 Å². The molecule has 5 nitrogen and oxygen atoms in total. The van der Waals surface area contributed by atoms with Crippen LogP contribution >= 0.6 is 0 Å². The van der Waals surface area contributed by atoms with Crippen molar-refractivity contribution in [1.82, 2.24) is 0 Å². The van der Waals surface area contributed by atoms with E-state index >= 15 is 0 Å². The molecule has 0 aliphatic carbocycles. The van der Waals surface area contributed by atoms with Gasteiger partial charge >= 0.3 is 17.8 Å². The fourth-order valence-electron chi connectivity index (χ4n) is 5.32. The molecule has 2 aromatic carbocycles. The van der Waals surface area contributed by atoms with Crippen molar-refractivity contribution in [3.8, 4) is 16.9 Å². The summed E-state index contributed by atoms with van der Waals surface area (Å²) in [6.45, 7) is 6.12. The van der Waals surface area contributed by atoms with Crippen LogP contribution in [-0.4, -0.2) is 17.7 Å². The molecule has 0 unspecified atom stereocenters. The van der Waals surface area contributed by atoms with Crippen LogP contribution in [0.1, 0.15) is 108 Å². The summed E-state index contributed by atoms with van der Waals surface area (Å²) in [4.78, 5) is 23.6. The third-order valence-corrected chi connectivity index (χ3v) is 7.90. The van der Waals surface area contributed by atoms with Gasteiger partial charge in [-0.05, 0) is 61.9 Å². The maximum atomic E-state index is 14.0. The molecule has 1 heterocycles. The highest BCUT2D eigenvalue weighted by Gasteiger charge is 2.34. The third kappa shape index (κ3) is 11.2. The second kappa shape index (κ2) is 17.7. The van der Waals surface area contributed by atoms with E-state index in [1.54, 1.807) is 24.3 Å². The molecule has 0 spiro atoms. The fraction of sp³-hybridized carbons (Fsp3) is 0.500. The molecule has 0 aliphatic heterocycles. The van der Waals surface area contributed by atoms with Crippen LogP contribution < -0.4 is 10.4 Å². The van der Waals surface area contributed by atoms with E-state index in [0.717, 1.165) is 76.7 Å². The van der Waals surface area contributed by atoms with Gasteiger partial charge in [0.05, 0.1) is 17.7 Å². The van der Waals surface area contributed by atoms with Crippen LogP contribution in [0.15, 0.2) is 63.8 Å². The molecule has 0 bridgehead atoms. The summed E-state index contributed by atoms with van der Waals surface area (Å²) in [5, 5.41) is 9.34. The van der Waals surface area contributed by atoms with Gasteiger partial charge in [0.2, 0.25) is 0 Å². The quantitative estimate of drug-likeness (QED) is 0.0778. The number of hydrogen-bond acceptors (Lipinski definition) is 4. The van der Waals surface area contributed by atoms with Crippen LogP contribution in [0, 0.1) is 0 Å². The highest BCUT2D eigenvalue weighted by molar-refractivity contribution is 5.85. The maximum Gasteiger partial charge on any atom is 0.417 e. The standard InChI is InChI=1S/C36H45F3O5/c1-3-4-13-17-27-18-21-30(32(23-27)36(37,38)39)31-24-28-19-20-29(25-33(28)44-35(31)42)43-22-15-12-10-8-6-5-7-9-11-14-16-26(2)34(40)41/h18-21,23-25H,2-17,22H2,1H3,(H,40,41). The zero-order chi connectivity index (χ0) is 32.0. The zero-order valence-electron chi connectivity index (χ0n) is 25.8. The van der Waals surface area contributed by atoms with Gasteiger partial charge in [-0.15, -0.1) is 0 Å². The number of carboxylic acids is 1.